The minimum Gasteiger partial charge on any atom is -0.741 e. The summed E-state index contributed by atoms with van der Waals surface area (Å²) in [6.07, 6.45) is 3.59. The summed E-state index contributed by atoms with van der Waals surface area (Å²) in [5, 5.41) is 24.5. The van der Waals surface area contributed by atoms with Crippen LogP contribution in [-0.2, 0) is 46.3 Å². The van der Waals surface area contributed by atoms with Gasteiger partial charge in [-0.1, -0.05) is 43.9 Å². The van der Waals surface area contributed by atoms with Crippen LogP contribution < -0.4 is 10.0 Å². The Morgan fingerprint density at radius 1 is 0.792 bits per heavy atom. The van der Waals surface area contributed by atoms with E-state index in [2.05, 4.69) is 64.0 Å². The number of alkyl halides is 6. The van der Waals surface area contributed by atoms with Crippen LogP contribution in [0, 0.1) is 20.8 Å². The van der Waals surface area contributed by atoms with Gasteiger partial charge in [0, 0.05) is 25.5 Å². The van der Waals surface area contributed by atoms with Gasteiger partial charge in [-0.2, -0.15) is 36.5 Å². The number of hydrazone groups is 2. The summed E-state index contributed by atoms with van der Waals surface area (Å²) in [5.74, 6) is 4.27. The number of aliphatic hydroxyl groups is 1. The van der Waals surface area contributed by atoms with E-state index in [1.807, 2.05) is 51.5 Å². The number of halogens is 6. The molecule has 1 N–H and O–H groups in total. The van der Waals surface area contributed by atoms with E-state index in [9.17, 15) is 31.4 Å². The van der Waals surface area contributed by atoms with E-state index >= 15 is 0 Å². The van der Waals surface area contributed by atoms with E-state index in [4.69, 9.17) is 31.0 Å². The molecule has 0 amide bonds. The molecule has 0 aliphatic heterocycles. The second-order valence-corrected chi connectivity index (χ2v) is 14.9. The molecular formula is C29H30F6N7O7PS2Zn. The van der Waals surface area contributed by atoms with Gasteiger partial charge in [-0.15, -0.1) is 0 Å². The molecule has 0 aliphatic rings. The van der Waals surface area contributed by atoms with Crippen molar-refractivity contribution >= 4 is 51.8 Å². The number of nitrogens with zero attached hydrogens (tertiary/aromatic N) is 7. The Bertz CT molecular complexity index is 2060. The zero-order chi connectivity index (χ0) is 39.7. The van der Waals surface area contributed by atoms with Gasteiger partial charge in [-0.25, -0.2) is 31.8 Å². The Kier molecular flexibility index (Phi) is 17.3. The first-order chi connectivity index (χ1) is 23.9. The molecule has 0 spiro atoms. The monoisotopic (exact) mass is 861 g/mol. The molecule has 24 heteroatoms. The molecule has 0 bridgehead atoms. The fourth-order valence-corrected chi connectivity index (χ4v) is 5.99. The number of anilines is 2. The Morgan fingerprint density at radius 3 is 1.72 bits per heavy atom. The summed E-state index contributed by atoms with van der Waals surface area (Å²) in [6, 6.07) is 17.8. The van der Waals surface area contributed by atoms with Crippen LogP contribution >= 0.6 is 7.53 Å². The van der Waals surface area contributed by atoms with E-state index in [1.54, 1.807) is 22.3 Å². The maximum atomic E-state index is 10.7. The van der Waals surface area contributed by atoms with E-state index in [-0.39, 0.29) is 26.1 Å². The molecule has 0 saturated carbocycles. The van der Waals surface area contributed by atoms with Crippen molar-refractivity contribution in [3.8, 4) is 5.30 Å². The molecule has 14 nitrogen and oxygen atoms in total. The predicted octanol–water partition coefficient (Wildman–Crippen LogP) is 5.31. The van der Waals surface area contributed by atoms with Crippen LogP contribution in [0.1, 0.15) is 33.6 Å². The third-order valence-corrected chi connectivity index (χ3v) is 9.94. The fraction of sp³-hybridized carbons (Fsp3) is 0.276. The van der Waals surface area contributed by atoms with Crippen LogP contribution in [0.3, 0.4) is 0 Å². The number of rotatable bonds is 8. The first-order valence-electron chi connectivity index (χ1n) is 14.1. The SMILES string of the molecule is Cc1nc(N(C)/N=C/c2cccc(CO)n2)cc(N(C)/N=C/c2c(C)c(C)cp2-c2ccccc2)n1.O=S(=O)([O-])C(F)(F)F.O=S(=O)([O-])C(F)(F)F.[Zn+2]. The minimum absolute atomic E-state index is 0. The van der Waals surface area contributed by atoms with Crippen molar-refractivity contribution in [3.63, 3.8) is 0 Å². The van der Waals surface area contributed by atoms with Crippen molar-refractivity contribution in [1.82, 2.24) is 15.0 Å². The van der Waals surface area contributed by atoms with Crippen molar-refractivity contribution in [2.75, 3.05) is 24.1 Å². The van der Waals surface area contributed by atoms with Crippen LogP contribution in [-0.4, -0.2) is 83.5 Å². The standard InChI is InChI=1S/C27H30N7OP.2CHF3O3S.Zn/c1-19-18-36(24-12-7-6-8-13-24)25(20(19)2)16-29-34(5)27-14-26(30-21(3)31-27)33(4)28-15-22-10-9-11-23(17-35)32-22;2*2-1(3,4)8(5,6)7;/h6-16,18,35H,17H2,1-5H3;2*(H,5,6,7);/q;;;+2/p-2/b28-15+,29-16+;;;. The zero-order valence-corrected chi connectivity index (χ0v) is 33.9. The van der Waals surface area contributed by atoms with E-state index in [0.29, 0.717) is 28.8 Å². The van der Waals surface area contributed by atoms with E-state index in [1.165, 1.54) is 21.7 Å². The number of hydrogen-bond acceptors (Lipinski definition) is 14. The number of aromatic nitrogens is 3. The zero-order valence-electron chi connectivity index (χ0n) is 28.4. The van der Waals surface area contributed by atoms with Crippen molar-refractivity contribution in [3.05, 3.63) is 94.0 Å². The van der Waals surface area contributed by atoms with Crippen LogP contribution in [0.15, 0.2) is 70.6 Å². The molecular weight excluding hydrogens is 833 g/mol. The molecule has 3 aromatic heterocycles. The van der Waals surface area contributed by atoms with Gasteiger partial charge in [-0.05, 0) is 55.1 Å². The molecule has 4 rings (SSSR count). The van der Waals surface area contributed by atoms with E-state index < -0.39 is 38.8 Å². The van der Waals surface area contributed by atoms with E-state index in [0.717, 1.165) is 0 Å². The quantitative estimate of drug-likeness (QED) is 0.0598. The second-order valence-electron chi connectivity index (χ2n) is 10.2. The van der Waals surface area contributed by atoms with Gasteiger partial charge in [-0.3, -0.25) is 10.0 Å². The minimum atomic E-state index is -6.09. The molecule has 0 fully saturated rings. The summed E-state index contributed by atoms with van der Waals surface area (Å²) in [7, 11) is -9.06. The Hall–Kier alpha value is -3.85. The second kappa shape index (κ2) is 19.5. The number of benzene rings is 1. The molecule has 1 atom stereocenters. The van der Waals surface area contributed by atoms with Gasteiger partial charge in [0.05, 0.1) is 30.4 Å². The van der Waals surface area contributed by atoms with Gasteiger partial charge in [0.25, 0.3) is 0 Å². The van der Waals surface area contributed by atoms with Gasteiger partial charge < -0.3 is 14.2 Å². The number of aryl methyl sites for hydroxylation is 2. The first-order valence-corrected chi connectivity index (χ1v) is 18.3. The van der Waals surface area contributed by atoms with Crippen LogP contribution in [0.5, 0.6) is 0 Å². The number of pyridine rings is 1. The molecule has 53 heavy (non-hydrogen) atoms. The molecule has 0 saturated heterocycles. The third kappa shape index (κ3) is 14.5. The Labute approximate surface area is 314 Å². The summed E-state index contributed by atoms with van der Waals surface area (Å²) in [5.41, 5.74) is -7.47. The Morgan fingerprint density at radius 2 is 1.26 bits per heavy atom. The molecule has 1 aromatic carbocycles. The first kappa shape index (κ1) is 47.2. The van der Waals surface area contributed by atoms with Crippen molar-refractivity contribution < 1.29 is 76.9 Å². The smallest absolute Gasteiger partial charge is 0.741 e. The van der Waals surface area contributed by atoms with Crippen molar-refractivity contribution in [1.29, 1.82) is 0 Å². The molecule has 0 radical (unpaired) electrons. The number of hydrogen-bond donors (Lipinski definition) is 1. The number of aliphatic hydroxyl groups excluding tert-OH is 1. The fourth-order valence-electron chi connectivity index (χ4n) is 3.64. The maximum Gasteiger partial charge on any atom is 2.00 e. The predicted molar refractivity (Wildman–Crippen MR) is 180 cm³/mol. The molecule has 3 heterocycles. The van der Waals surface area contributed by atoms with Gasteiger partial charge in [0.1, 0.15) is 5.82 Å². The van der Waals surface area contributed by atoms with Gasteiger partial charge in [0.2, 0.25) is 0 Å². The molecule has 284 valence electrons. The van der Waals surface area contributed by atoms with Crippen molar-refractivity contribution in [2.45, 2.75) is 38.4 Å². The average Bonchev–Trinajstić information content (AvgIpc) is 3.33. The molecule has 1 unspecified atom stereocenters. The van der Waals surface area contributed by atoms with Gasteiger partial charge in [0.15, 0.2) is 31.9 Å². The van der Waals surface area contributed by atoms with Crippen LogP contribution in [0.25, 0.3) is 5.30 Å². The van der Waals surface area contributed by atoms with Crippen LogP contribution in [0.2, 0.25) is 0 Å². The third-order valence-electron chi connectivity index (χ3n) is 6.34. The Balaban J connectivity index is 0.000000690. The molecule has 4 aromatic rings. The topological polar surface area (TPSA) is 204 Å². The maximum absolute atomic E-state index is 10.7. The summed E-state index contributed by atoms with van der Waals surface area (Å²) >= 11 is 0. The van der Waals surface area contributed by atoms with Crippen LogP contribution in [0.4, 0.5) is 38.0 Å². The van der Waals surface area contributed by atoms with Crippen molar-refractivity contribution in [2.24, 2.45) is 10.2 Å². The summed E-state index contributed by atoms with van der Waals surface area (Å²) in [4.78, 5) is 13.4. The average molecular weight is 863 g/mol. The summed E-state index contributed by atoms with van der Waals surface area (Å²) < 4.78 is 118. The normalized spacial score (nSPS) is 12.4. The largest absolute Gasteiger partial charge is 2.00 e. The summed E-state index contributed by atoms with van der Waals surface area (Å²) in [6.45, 7) is 6.05. The molecule has 0 aliphatic carbocycles. The van der Waals surface area contributed by atoms with Gasteiger partial charge >= 0.3 is 30.5 Å².